The Bertz CT molecular complexity index is 756. The number of hydrogen-bond donors (Lipinski definition) is 0. The standard InChI is InChI=1S/C21H28N4OS2/c1-22(2)28-26-24-12-10-23(11-13-24)15-18-6-5-9-21(14-18)27-25-16-19-7-3-4-8-20(19)17-25/h3-9,14H,10-13,15-17H2,1-2H3. The van der Waals surface area contributed by atoms with Gasteiger partial charge in [-0.05, 0) is 54.9 Å². The number of benzene rings is 2. The minimum absolute atomic E-state index is 0.946. The van der Waals surface area contributed by atoms with Crippen molar-refractivity contribution < 1.29 is 4.28 Å². The lowest BCUT2D eigenvalue weighted by molar-refractivity contribution is -0.0755. The van der Waals surface area contributed by atoms with Crippen LogP contribution in [0.2, 0.25) is 0 Å². The van der Waals surface area contributed by atoms with Gasteiger partial charge in [0, 0.05) is 50.7 Å². The highest BCUT2D eigenvalue weighted by molar-refractivity contribution is 7.97. The number of hydroxylamine groups is 2. The lowest BCUT2D eigenvalue weighted by atomic mass is 10.1. The Balaban J connectivity index is 1.27. The van der Waals surface area contributed by atoms with Gasteiger partial charge in [-0.15, -0.1) is 0 Å². The van der Waals surface area contributed by atoms with E-state index in [1.165, 1.54) is 33.8 Å². The third-order valence-corrected chi connectivity index (χ3v) is 6.53. The average Bonchev–Trinajstić information content (AvgIpc) is 3.10. The van der Waals surface area contributed by atoms with Crippen LogP contribution in [0, 0.1) is 0 Å². The predicted octanol–water partition coefficient (Wildman–Crippen LogP) is 3.88. The smallest absolute Gasteiger partial charge is 0.104 e. The van der Waals surface area contributed by atoms with Gasteiger partial charge >= 0.3 is 0 Å². The van der Waals surface area contributed by atoms with E-state index in [2.05, 4.69) is 62.8 Å². The molecule has 1 fully saturated rings. The fraction of sp³-hybridized carbons (Fsp3) is 0.429. The van der Waals surface area contributed by atoms with E-state index in [4.69, 9.17) is 4.28 Å². The summed E-state index contributed by atoms with van der Waals surface area (Å²) in [7, 11) is 3.99. The van der Waals surface area contributed by atoms with Gasteiger partial charge in [0.1, 0.15) is 12.2 Å². The highest BCUT2D eigenvalue weighted by atomic mass is 32.2. The molecule has 1 saturated heterocycles. The molecule has 0 spiro atoms. The summed E-state index contributed by atoms with van der Waals surface area (Å²) >= 11 is 3.26. The van der Waals surface area contributed by atoms with Crippen molar-refractivity contribution in [3.05, 3.63) is 65.2 Å². The molecule has 0 N–H and O–H groups in total. The fourth-order valence-electron chi connectivity index (χ4n) is 3.55. The van der Waals surface area contributed by atoms with E-state index >= 15 is 0 Å². The zero-order valence-corrected chi connectivity index (χ0v) is 18.2. The molecule has 0 radical (unpaired) electrons. The van der Waals surface area contributed by atoms with E-state index in [1.54, 1.807) is 0 Å². The molecule has 0 atom stereocenters. The first-order valence-electron chi connectivity index (χ1n) is 9.74. The molecule has 4 rings (SSSR count). The van der Waals surface area contributed by atoms with E-state index in [-0.39, 0.29) is 0 Å². The maximum atomic E-state index is 5.70. The van der Waals surface area contributed by atoms with Crippen molar-refractivity contribution in [2.24, 2.45) is 0 Å². The van der Waals surface area contributed by atoms with Crippen molar-refractivity contribution in [2.75, 3.05) is 40.3 Å². The Labute approximate surface area is 177 Å². The normalized spacial score (nSPS) is 18.7. The maximum absolute atomic E-state index is 5.70. The van der Waals surface area contributed by atoms with E-state index in [0.717, 1.165) is 45.8 Å². The van der Waals surface area contributed by atoms with Crippen LogP contribution in [0.1, 0.15) is 16.7 Å². The van der Waals surface area contributed by atoms with Crippen molar-refractivity contribution in [3.8, 4) is 0 Å². The van der Waals surface area contributed by atoms with Gasteiger partial charge in [-0.3, -0.25) is 4.90 Å². The SMILES string of the molecule is CN(C)SON1CCN(Cc2cccc(SN3Cc4ccccc4C3)c2)CC1. The molecule has 5 nitrogen and oxygen atoms in total. The van der Waals surface area contributed by atoms with Gasteiger partial charge < -0.3 is 0 Å². The van der Waals surface area contributed by atoms with Gasteiger partial charge in [-0.1, -0.05) is 36.4 Å². The first-order valence-corrected chi connectivity index (χ1v) is 11.2. The minimum atomic E-state index is 0.946. The molecular formula is C21H28N4OS2. The number of hydrogen-bond acceptors (Lipinski definition) is 7. The first kappa shape index (κ1) is 20.2. The largest absolute Gasteiger partial charge is 0.296 e. The van der Waals surface area contributed by atoms with Crippen molar-refractivity contribution in [2.45, 2.75) is 24.5 Å². The third-order valence-electron chi connectivity index (χ3n) is 4.97. The molecule has 2 aromatic carbocycles. The molecule has 2 aliphatic rings. The molecule has 150 valence electrons. The summed E-state index contributed by atoms with van der Waals surface area (Å²) in [5.74, 6) is 0. The molecule has 0 aromatic heterocycles. The van der Waals surface area contributed by atoms with Gasteiger partial charge in [0.2, 0.25) is 0 Å². The Hall–Kier alpha value is -1.06. The molecule has 28 heavy (non-hydrogen) atoms. The van der Waals surface area contributed by atoms with E-state index in [1.807, 2.05) is 30.3 Å². The molecule has 2 aromatic rings. The van der Waals surface area contributed by atoms with Gasteiger partial charge in [0.25, 0.3) is 0 Å². The molecular weight excluding hydrogens is 388 g/mol. The second-order valence-electron chi connectivity index (χ2n) is 7.47. The Morgan fingerprint density at radius 3 is 2.32 bits per heavy atom. The lowest BCUT2D eigenvalue weighted by Crippen LogP contribution is -2.45. The number of fused-ring (bicyclic) bond motifs is 1. The van der Waals surface area contributed by atoms with Crippen molar-refractivity contribution in [3.63, 3.8) is 0 Å². The lowest BCUT2D eigenvalue weighted by Gasteiger charge is -2.33. The molecule has 0 unspecified atom stereocenters. The van der Waals surface area contributed by atoms with Crippen LogP contribution < -0.4 is 0 Å². The second-order valence-corrected chi connectivity index (χ2v) is 9.67. The molecule has 2 aliphatic heterocycles. The summed E-state index contributed by atoms with van der Waals surface area (Å²) in [6, 6.07) is 17.8. The number of rotatable bonds is 7. The Morgan fingerprint density at radius 1 is 0.929 bits per heavy atom. The quantitative estimate of drug-likeness (QED) is 0.498. The summed E-state index contributed by atoms with van der Waals surface area (Å²) in [6.45, 7) is 7.02. The van der Waals surface area contributed by atoms with Crippen LogP contribution in [0.15, 0.2) is 53.4 Å². The second kappa shape index (κ2) is 9.63. The van der Waals surface area contributed by atoms with E-state index in [0.29, 0.717) is 0 Å². The zero-order chi connectivity index (χ0) is 19.3. The Morgan fingerprint density at radius 2 is 1.64 bits per heavy atom. The van der Waals surface area contributed by atoms with Crippen LogP contribution in [0.5, 0.6) is 0 Å². The summed E-state index contributed by atoms with van der Waals surface area (Å²) < 4.78 is 10.1. The van der Waals surface area contributed by atoms with Crippen LogP contribution in [0.3, 0.4) is 0 Å². The van der Waals surface area contributed by atoms with Crippen LogP contribution in [-0.2, 0) is 23.9 Å². The van der Waals surface area contributed by atoms with Gasteiger partial charge in [-0.2, -0.15) is 5.06 Å². The predicted molar refractivity (Wildman–Crippen MR) is 117 cm³/mol. The average molecular weight is 417 g/mol. The summed E-state index contributed by atoms with van der Waals surface area (Å²) in [4.78, 5) is 3.84. The third kappa shape index (κ3) is 5.51. The molecule has 0 bridgehead atoms. The van der Waals surface area contributed by atoms with Crippen LogP contribution >= 0.6 is 24.2 Å². The van der Waals surface area contributed by atoms with Crippen molar-refractivity contribution in [1.82, 2.24) is 18.6 Å². The van der Waals surface area contributed by atoms with Crippen molar-refractivity contribution >= 4 is 24.2 Å². The summed E-state index contributed by atoms with van der Waals surface area (Å²) in [5.41, 5.74) is 4.30. The van der Waals surface area contributed by atoms with Crippen molar-refractivity contribution in [1.29, 1.82) is 0 Å². The van der Waals surface area contributed by atoms with Gasteiger partial charge in [-0.25, -0.2) is 12.9 Å². The van der Waals surface area contributed by atoms with Gasteiger partial charge in [0.15, 0.2) is 0 Å². The zero-order valence-electron chi connectivity index (χ0n) is 16.6. The molecule has 0 saturated carbocycles. The molecule has 7 heteroatoms. The molecule has 0 amide bonds. The van der Waals surface area contributed by atoms with Crippen LogP contribution in [0.25, 0.3) is 0 Å². The van der Waals surface area contributed by atoms with E-state index in [9.17, 15) is 0 Å². The number of nitrogens with zero attached hydrogens (tertiary/aromatic N) is 4. The first-order chi connectivity index (χ1) is 13.7. The minimum Gasteiger partial charge on any atom is -0.296 e. The monoisotopic (exact) mass is 416 g/mol. The highest BCUT2D eigenvalue weighted by Gasteiger charge is 2.20. The maximum Gasteiger partial charge on any atom is 0.104 e. The summed E-state index contributed by atoms with van der Waals surface area (Å²) in [6.07, 6.45) is 0. The fourth-order valence-corrected chi connectivity index (χ4v) is 4.98. The molecule has 0 aliphatic carbocycles. The Kier molecular flexibility index (Phi) is 6.95. The van der Waals surface area contributed by atoms with E-state index < -0.39 is 0 Å². The van der Waals surface area contributed by atoms with Crippen LogP contribution in [0.4, 0.5) is 0 Å². The summed E-state index contributed by atoms with van der Waals surface area (Å²) in [5, 5.41) is 2.05. The van der Waals surface area contributed by atoms with Gasteiger partial charge in [0.05, 0.1) is 0 Å². The van der Waals surface area contributed by atoms with Crippen LogP contribution in [-0.4, -0.2) is 58.8 Å². The number of piperazine rings is 1. The highest BCUT2D eigenvalue weighted by Crippen LogP contribution is 2.33. The topological polar surface area (TPSA) is 22.2 Å². The molecule has 2 heterocycles.